The lowest BCUT2D eigenvalue weighted by Gasteiger charge is -2.09. The Morgan fingerprint density at radius 1 is 1.25 bits per heavy atom. The number of phenolic OH excluding ortho intramolecular Hbond substituents is 1. The third kappa shape index (κ3) is 3.03. The SMILES string of the molecule is COc1ccc(NC(=O)c2ccc(O)c(C)c2)cc1Cl. The van der Waals surface area contributed by atoms with Crippen LogP contribution in [0.1, 0.15) is 15.9 Å². The summed E-state index contributed by atoms with van der Waals surface area (Å²) in [6.07, 6.45) is 0. The lowest BCUT2D eigenvalue weighted by Crippen LogP contribution is -2.12. The summed E-state index contributed by atoms with van der Waals surface area (Å²) in [6, 6.07) is 9.67. The van der Waals surface area contributed by atoms with Gasteiger partial charge in [-0.2, -0.15) is 0 Å². The van der Waals surface area contributed by atoms with Crippen molar-refractivity contribution >= 4 is 23.2 Å². The minimum absolute atomic E-state index is 0.161. The zero-order valence-corrected chi connectivity index (χ0v) is 11.9. The van der Waals surface area contributed by atoms with E-state index in [9.17, 15) is 9.90 Å². The minimum Gasteiger partial charge on any atom is -0.508 e. The van der Waals surface area contributed by atoms with Crippen molar-refractivity contribution in [2.45, 2.75) is 6.92 Å². The molecule has 2 aromatic rings. The number of hydrogen-bond acceptors (Lipinski definition) is 3. The molecule has 2 N–H and O–H groups in total. The zero-order chi connectivity index (χ0) is 14.7. The number of phenols is 1. The van der Waals surface area contributed by atoms with Crippen LogP contribution in [0.4, 0.5) is 5.69 Å². The number of carbonyl (C=O) groups excluding carboxylic acids is 1. The molecular formula is C15H14ClNO3. The van der Waals surface area contributed by atoms with E-state index in [0.717, 1.165) is 0 Å². The van der Waals surface area contributed by atoms with E-state index < -0.39 is 0 Å². The van der Waals surface area contributed by atoms with Crippen molar-refractivity contribution in [1.82, 2.24) is 0 Å². The first-order valence-electron chi connectivity index (χ1n) is 5.96. The number of nitrogens with one attached hydrogen (secondary N) is 1. The van der Waals surface area contributed by atoms with Crippen LogP contribution in [0.15, 0.2) is 36.4 Å². The smallest absolute Gasteiger partial charge is 0.255 e. The van der Waals surface area contributed by atoms with Crippen molar-refractivity contribution in [3.8, 4) is 11.5 Å². The summed E-state index contributed by atoms with van der Waals surface area (Å²) in [5, 5.41) is 12.6. The van der Waals surface area contributed by atoms with Crippen LogP contribution in [0.5, 0.6) is 11.5 Å². The average molecular weight is 292 g/mol. The number of benzene rings is 2. The van der Waals surface area contributed by atoms with E-state index in [1.807, 2.05) is 0 Å². The molecule has 0 radical (unpaired) electrons. The Labute approximate surface area is 122 Å². The third-order valence-corrected chi connectivity index (χ3v) is 3.16. The topological polar surface area (TPSA) is 58.6 Å². The Bertz CT molecular complexity index is 656. The van der Waals surface area contributed by atoms with Gasteiger partial charge in [0.05, 0.1) is 12.1 Å². The fourth-order valence-corrected chi connectivity index (χ4v) is 2.00. The van der Waals surface area contributed by atoms with Gasteiger partial charge in [-0.25, -0.2) is 0 Å². The number of ether oxygens (including phenoxy) is 1. The molecule has 104 valence electrons. The molecule has 0 fully saturated rings. The molecule has 20 heavy (non-hydrogen) atoms. The predicted octanol–water partition coefficient (Wildman–Crippen LogP) is 3.61. The van der Waals surface area contributed by atoms with Crippen molar-refractivity contribution in [2.75, 3.05) is 12.4 Å². The molecule has 0 aromatic heterocycles. The molecule has 4 nitrogen and oxygen atoms in total. The van der Waals surface area contributed by atoms with E-state index in [2.05, 4.69) is 5.32 Å². The summed E-state index contributed by atoms with van der Waals surface area (Å²) in [5.41, 5.74) is 1.68. The van der Waals surface area contributed by atoms with Gasteiger partial charge >= 0.3 is 0 Å². The van der Waals surface area contributed by atoms with Gasteiger partial charge in [-0.15, -0.1) is 0 Å². The molecule has 2 rings (SSSR count). The molecule has 0 aliphatic carbocycles. The maximum Gasteiger partial charge on any atom is 0.255 e. The van der Waals surface area contributed by atoms with Crippen molar-refractivity contribution in [3.05, 3.63) is 52.5 Å². The summed E-state index contributed by atoms with van der Waals surface area (Å²) in [7, 11) is 1.53. The molecule has 5 heteroatoms. The van der Waals surface area contributed by atoms with Gasteiger partial charge in [0, 0.05) is 11.3 Å². The highest BCUT2D eigenvalue weighted by molar-refractivity contribution is 6.32. The van der Waals surface area contributed by atoms with Crippen LogP contribution in [0.3, 0.4) is 0 Å². The number of aromatic hydroxyl groups is 1. The van der Waals surface area contributed by atoms with Crippen LogP contribution in [0.2, 0.25) is 5.02 Å². The van der Waals surface area contributed by atoms with E-state index in [0.29, 0.717) is 27.6 Å². The normalized spacial score (nSPS) is 10.2. The molecule has 0 aliphatic rings. The second-order valence-corrected chi connectivity index (χ2v) is 4.71. The molecule has 2 aromatic carbocycles. The maximum absolute atomic E-state index is 12.1. The minimum atomic E-state index is -0.269. The summed E-state index contributed by atoms with van der Waals surface area (Å²) in [5.74, 6) is 0.438. The maximum atomic E-state index is 12.1. The van der Waals surface area contributed by atoms with E-state index in [1.165, 1.54) is 13.2 Å². The number of aryl methyl sites for hydroxylation is 1. The van der Waals surface area contributed by atoms with Crippen LogP contribution in [0.25, 0.3) is 0 Å². The molecule has 0 aliphatic heterocycles. The van der Waals surface area contributed by atoms with Gasteiger partial charge < -0.3 is 15.2 Å². The number of hydrogen-bond donors (Lipinski definition) is 2. The Morgan fingerprint density at radius 2 is 2.00 bits per heavy atom. The third-order valence-electron chi connectivity index (χ3n) is 2.87. The lowest BCUT2D eigenvalue weighted by molar-refractivity contribution is 0.102. The second-order valence-electron chi connectivity index (χ2n) is 4.30. The first-order chi connectivity index (χ1) is 9.51. The fraction of sp³-hybridized carbons (Fsp3) is 0.133. The number of carbonyl (C=O) groups is 1. The number of anilines is 1. The molecule has 0 saturated carbocycles. The zero-order valence-electron chi connectivity index (χ0n) is 11.1. The number of halogens is 1. The van der Waals surface area contributed by atoms with Gasteiger partial charge in [0.1, 0.15) is 11.5 Å². The van der Waals surface area contributed by atoms with Crippen LogP contribution < -0.4 is 10.1 Å². The second kappa shape index (κ2) is 5.84. The summed E-state index contributed by atoms with van der Waals surface area (Å²) in [4.78, 5) is 12.1. The van der Waals surface area contributed by atoms with Gasteiger partial charge in [-0.05, 0) is 48.9 Å². The van der Waals surface area contributed by atoms with Gasteiger partial charge in [0.15, 0.2) is 0 Å². The Kier molecular flexibility index (Phi) is 4.15. The summed E-state index contributed by atoms with van der Waals surface area (Å²) >= 11 is 6.00. The average Bonchev–Trinajstić information content (AvgIpc) is 2.42. The monoisotopic (exact) mass is 291 g/mol. The fourth-order valence-electron chi connectivity index (χ4n) is 1.74. The first-order valence-corrected chi connectivity index (χ1v) is 6.33. The van der Waals surface area contributed by atoms with Gasteiger partial charge in [0.2, 0.25) is 0 Å². The van der Waals surface area contributed by atoms with Crippen LogP contribution in [0, 0.1) is 6.92 Å². The number of rotatable bonds is 3. The molecule has 0 atom stereocenters. The van der Waals surface area contributed by atoms with Crippen molar-refractivity contribution in [3.63, 3.8) is 0 Å². The van der Waals surface area contributed by atoms with Gasteiger partial charge in [0.25, 0.3) is 5.91 Å². The lowest BCUT2D eigenvalue weighted by atomic mass is 10.1. The standard InChI is InChI=1S/C15H14ClNO3/c1-9-7-10(3-5-13(9)18)15(19)17-11-4-6-14(20-2)12(16)8-11/h3-8,18H,1-2H3,(H,17,19). The molecule has 0 heterocycles. The Balaban J connectivity index is 2.19. The molecule has 0 spiro atoms. The van der Waals surface area contributed by atoms with Crippen LogP contribution in [-0.2, 0) is 0 Å². The van der Waals surface area contributed by atoms with E-state index in [1.54, 1.807) is 37.3 Å². The molecular weight excluding hydrogens is 278 g/mol. The van der Waals surface area contributed by atoms with Crippen LogP contribution >= 0.6 is 11.6 Å². The van der Waals surface area contributed by atoms with Crippen LogP contribution in [-0.4, -0.2) is 18.1 Å². The quantitative estimate of drug-likeness (QED) is 0.908. The van der Waals surface area contributed by atoms with Crippen molar-refractivity contribution in [1.29, 1.82) is 0 Å². The number of amides is 1. The molecule has 0 unspecified atom stereocenters. The summed E-state index contributed by atoms with van der Waals surface area (Å²) < 4.78 is 5.05. The van der Waals surface area contributed by atoms with E-state index >= 15 is 0 Å². The van der Waals surface area contributed by atoms with E-state index in [4.69, 9.17) is 16.3 Å². The molecule has 0 saturated heterocycles. The predicted molar refractivity (Wildman–Crippen MR) is 78.8 cm³/mol. The van der Waals surface area contributed by atoms with Gasteiger partial charge in [-0.3, -0.25) is 4.79 Å². The molecule has 1 amide bonds. The highest BCUT2D eigenvalue weighted by atomic mass is 35.5. The Morgan fingerprint density at radius 3 is 2.60 bits per heavy atom. The highest BCUT2D eigenvalue weighted by Crippen LogP contribution is 2.27. The first kappa shape index (κ1) is 14.2. The van der Waals surface area contributed by atoms with Gasteiger partial charge in [-0.1, -0.05) is 11.6 Å². The van der Waals surface area contributed by atoms with E-state index in [-0.39, 0.29) is 11.7 Å². The largest absolute Gasteiger partial charge is 0.508 e. The van der Waals surface area contributed by atoms with Crippen molar-refractivity contribution < 1.29 is 14.6 Å². The number of methoxy groups -OCH3 is 1. The summed E-state index contributed by atoms with van der Waals surface area (Å²) in [6.45, 7) is 1.73. The highest BCUT2D eigenvalue weighted by Gasteiger charge is 2.09. The van der Waals surface area contributed by atoms with Crippen molar-refractivity contribution in [2.24, 2.45) is 0 Å². The Hall–Kier alpha value is -2.20. The molecule has 0 bridgehead atoms.